The molecule has 1 rings (SSSR count). The molecule has 0 saturated carbocycles. The van der Waals surface area contributed by atoms with Gasteiger partial charge in [-0.2, -0.15) is 0 Å². The van der Waals surface area contributed by atoms with Gasteiger partial charge in [-0.1, -0.05) is 5.92 Å². The molecule has 0 aliphatic carbocycles. The van der Waals surface area contributed by atoms with Gasteiger partial charge in [-0.15, -0.1) is 30.4 Å². The smallest absolute Gasteiger partial charge is 0.244 e. The van der Waals surface area contributed by atoms with Crippen LogP contribution in [0.3, 0.4) is 0 Å². The first kappa shape index (κ1) is 17.0. The average Bonchev–Trinajstić information content (AvgIpc) is 2.86. The molecule has 6 heteroatoms. The Bertz CT molecular complexity index is 319. The summed E-state index contributed by atoms with van der Waals surface area (Å²) >= 11 is 0. The molecular weight excluding hydrogens is 343 g/mol. The van der Waals surface area contributed by atoms with E-state index in [2.05, 4.69) is 21.5 Å². The van der Waals surface area contributed by atoms with Gasteiger partial charge in [0.25, 0.3) is 0 Å². The van der Waals surface area contributed by atoms with Crippen LogP contribution in [0.1, 0.15) is 19.8 Å². The molecule has 2 N–H and O–H groups in total. The van der Waals surface area contributed by atoms with E-state index in [0.717, 1.165) is 32.5 Å². The molecule has 102 valence electrons. The Morgan fingerprint density at radius 2 is 2.06 bits per heavy atom. The predicted octanol–water partition coefficient (Wildman–Crippen LogP) is 0.415. The molecule has 0 aromatic heterocycles. The first-order chi connectivity index (χ1) is 8.27. The summed E-state index contributed by atoms with van der Waals surface area (Å²) in [6.07, 6.45) is 7.36. The van der Waals surface area contributed by atoms with E-state index in [0.29, 0.717) is 12.5 Å². The average molecular weight is 364 g/mol. The van der Waals surface area contributed by atoms with Crippen molar-refractivity contribution in [2.24, 2.45) is 4.99 Å². The lowest BCUT2D eigenvalue weighted by Crippen LogP contribution is -2.39. The first-order valence-electron chi connectivity index (χ1n) is 6.01. The molecule has 0 unspecified atom stereocenters. The molecule has 0 spiro atoms. The third-order valence-electron chi connectivity index (χ3n) is 2.53. The molecule has 0 aromatic rings. The fraction of sp³-hybridized carbons (Fsp3) is 0.667. The molecule has 0 aromatic carbocycles. The zero-order valence-electron chi connectivity index (χ0n) is 10.7. The summed E-state index contributed by atoms with van der Waals surface area (Å²) in [6, 6.07) is 0. The number of aliphatic imine (C=N–C) groups is 1. The number of amides is 1. The van der Waals surface area contributed by atoms with Crippen molar-refractivity contribution < 1.29 is 4.79 Å². The van der Waals surface area contributed by atoms with E-state index < -0.39 is 0 Å². The number of carbonyl (C=O) groups is 1. The zero-order valence-corrected chi connectivity index (χ0v) is 13.1. The number of nitrogens with one attached hydrogen (secondary N) is 2. The van der Waals surface area contributed by atoms with Crippen LogP contribution in [-0.2, 0) is 4.79 Å². The first-order valence-corrected chi connectivity index (χ1v) is 6.01. The van der Waals surface area contributed by atoms with Crippen LogP contribution in [0.5, 0.6) is 0 Å². The molecular formula is C12H21IN4O. The Kier molecular flexibility index (Phi) is 9.46. The molecule has 1 heterocycles. The van der Waals surface area contributed by atoms with E-state index in [1.54, 1.807) is 0 Å². The summed E-state index contributed by atoms with van der Waals surface area (Å²) in [5.41, 5.74) is 0. The van der Waals surface area contributed by atoms with E-state index in [4.69, 9.17) is 6.42 Å². The molecule has 1 amide bonds. The Morgan fingerprint density at radius 3 is 2.61 bits per heavy atom. The second kappa shape index (κ2) is 10.00. The van der Waals surface area contributed by atoms with Crippen molar-refractivity contribution in [1.82, 2.24) is 15.5 Å². The van der Waals surface area contributed by atoms with Crippen LogP contribution in [-0.4, -0.2) is 49.5 Å². The number of terminal acetylenes is 1. The van der Waals surface area contributed by atoms with Crippen LogP contribution in [0, 0.1) is 12.3 Å². The number of hydrogen-bond acceptors (Lipinski definition) is 2. The Balaban J connectivity index is 0.00000289. The number of rotatable bonds is 4. The minimum Gasteiger partial charge on any atom is -0.357 e. The largest absolute Gasteiger partial charge is 0.357 e. The van der Waals surface area contributed by atoms with Crippen molar-refractivity contribution >= 4 is 35.8 Å². The quantitative estimate of drug-likeness (QED) is 0.329. The third kappa shape index (κ3) is 6.10. The summed E-state index contributed by atoms with van der Waals surface area (Å²) in [7, 11) is 0. The predicted molar refractivity (Wildman–Crippen MR) is 84.0 cm³/mol. The minimum absolute atomic E-state index is 0. The molecule has 5 nitrogen and oxygen atoms in total. The van der Waals surface area contributed by atoms with E-state index in [1.807, 2.05) is 11.8 Å². The second-order valence-electron chi connectivity index (χ2n) is 3.84. The van der Waals surface area contributed by atoms with E-state index in [1.165, 1.54) is 0 Å². The van der Waals surface area contributed by atoms with Gasteiger partial charge in [-0.3, -0.25) is 4.79 Å². The van der Waals surface area contributed by atoms with E-state index >= 15 is 0 Å². The molecule has 0 atom stereocenters. The summed E-state index contributed by atoms with van der Waals surface area (Å²) in [5, 5.41) is 5.98. The molecule has 1 aliphatic rings. The van der Waals surface area contributed by atoms with Gasteiger partial charge >= 0.3 is 0 Å². The summed E-state index contributed by atoms with van der Waals surface area (Å²) in [6.45, 7) is 5.03. The van der Waals surface area contributed by atoms with Gasteiger partial charge in [-0.25, -0.2) is 4.99 Å². The number of halogens is 1. The standard InChI is InChI=1S/C12H20N4O.HI/c1-3-7-14-12(13-4-2)15-10-11(17)16-8-5-6-9-16;/h1H,4-10H2,2H3,(H2,13,14,15);1H. The van der Waals surface area contributed by atoms with Crippen LogP contribution < -0.4 is 10.6 Å². The number of hydrogen-bond donors (Lipinski definition) is 2. The van der Waals surface area contributed by atoms with Crippen molar-refractivity contribution in [3.8, 4) is 12.3 Å². The Hall–Kier alpha value is -0.970. The topological polar surface area (TPSA) is 56.7 Å². The van der Waals surface area contributed by atoms with Crippen molar-refractivity contribution in [3.63, 3.8) is 0 Å². The number of carbonyl (C=O) groups excluding carboxylic acids is 1. The lowest BCUT2D eigenvalue weighted by atomic mass is 10.4. The second-order valence-corrected chi connectivity index (χ2v) is 3.84. The molecule has 1 fully saturated rings. The maximum atomic E-state index is 11.8. The fourth-order valence-corrected chi connectivity index (χ4v) is 1.69. The lowest BCUT2D eigenvalue weighted by molar-refractivity contribution is -0.128. The van der Waals surface area contributed by atoms with Crippen molar-refractivity contribution in [2.45, 2.75) is 19.8 Å². The van der Waals surface area contributed by atoms with Gasteiger partial charge in [0.1, 0.15) is 6.54 Å². The van der Waals surface area contributed by atoms with Gasteiger partial charge in [0.2, 0.25) is 5.91 Å². The molecule has 1 aliphatic heterocycles. The van der Waals surface area contributed by atoms with Gasteiger partial charge in [0, 0.05) is 19.6 Å². The van der Waals surface area contributed by atoms with Gasteiger partial charge in [-0.05, 0) is 19.8 Å². The normalized spacial score (nSPS) is 14.7. The fourth-order valence-electron chi connectivity index (χ4n) is 1.69. The molecule has 0 bridgehead atoms. The van der Waals surface area contributed by atoms with Crippen molar-refractivity contribution in [3.05, 3.63) is 0 Å². The number of likely N-dealkylation sites (tertiary alicyclic amines) is 1. The molecule has 18 heavy (non-hydrogen) atoms. The number of nitrogens with zero attached hydrogens (tertiary/aromatic N) is 2. The lowest BCUT2D eigenvalue weighted by Gasteiger charge is -2.14. The molecule has 0 radical (unpaired) electrons. The van der Waals surface area contributed by atoms with Gasteiger partial charge in [0.15, 0.2) is 5.96 Å². The Labute approximate surface area is 126 Å². The highest BCUT2D eigenvalue weighted by molar-refractivity contribution is 14.0. The van der Waals surface area contributed by atoms with Crippen LogP contribution in [0.25, 0.3) is 0 Å². The molecule has 1 saturated heterocycles. The van der Waals surface area contributed by atoms with Gasteiger partial charge in [0.05, 0.1) is 6.54 Å². The summed E-state index contributed by atoms with van der Waals surface area (Å²) < 4.78 is 0. The van der Waals surface area contributed by atoms with Crippen molar-refractivity contribution in [1.29, 1.82) is 0 Å². The monoisotopic (exact) mass is 364 g/mol. The maximum absolute atomic E-state index is 11.8. The zero-order chi connectivity index (χ0) is 12.5. The third-order valence-corrected chi connectivity index (χ3v) is 2.53. The SMILES string of the molecule is C#CCNC(=NCC(=O)N1CCCC1)NCC.I. The highest BCUT2D eigenvalue weighted by Gasteiger charge is 2.17. The van der Waals surface area contributed by atoms with Crippen LogP contribution in [0.2, 0.25) is 0 Å². The highest BCUT2D eigenvalue weighted by atomic mass is 127. The highest BCUT2D eigenvalue weighted by Crippen LogP contribution is 2.07. The summed E-state index contributed by atoms with van der Waals surface area (Å²) in [4.78, 5) is 17.8. The Morgan fingerprint density at radius 1 is 1.39 bits per heavy atom. The number of guanidine groups is 1. The van der Waals surface area contributed by atoms with Crippen molar-refractivity contribution in [2.75, 3.05) is 32.7 Å². The van der Waals surface area contributed by atoms with E-state index in [9.17, 15) is 4.79 Å². The summed E-state index contributed by atoms with van der Waals surface area (Å²) in [5.74, 6) is 3.15. The van der Waals surface area contributed by atoms with Crippen LogP contribution in [0.15, 0.2) is 4.99 Å². The van der Waals surface area contributed by atoms with E-state index in [-0.39, 0.29) is 36.4 Å². The maximum Gasteiger partial charge on any atom is 0.244 e. The van der Waals surface area contributed by atoms with Crippen LogP contribution in [0.4, 0.5) is 0 Å². The van der Waals surface area contributed by atoms with Crippen LogP contribution >= 0.6 is 24.0 Å². The minimum atomic E-state index is 0. The van der Waals surface area contributed by atoms with Gasteiger partial charge < -0.3 is 15.5 Å².